The number of fused-ring (bicyclic) bond motifs is 3. The number of para-hydroxylation sites is 1. The molecule has 4 heterocycles. The molecule has 0 saturated heterocycles. The quantitative estimate of drug-likeness (QED) is 0.387. The first-order chi connectivity index (χ1) is 15.7. The van der Waals surface area contributed by atoms with Crippen molar-refractivity contribution in [3.8, 4) is 11.3 Å². The molecule has 0 saturated carbocycles. The lowest BCUT2D eigenvalue weighted by Crippen LogP contribution is -2.09. The molecule has 0 aliphatic heterocycles. The fraction of sp³-hybridized carbons (Fsp3) is 0.0800. The van der Waals surface area contributed by atoms with Gasteiger partial charge in [0.25, 0.3) is 0 Å². The largest absolute Gasteiger partial charge is 0.306 e. The predicted octanol–water partition coefficient (Wildman–Crippen LogP) is 5.34. The molecule has 0 spiro atoms. The van der Waals surface area contributed by atoms with Gasteiger partial charge in [-0.1, -0.05) is 24.3 Å². The molecule has 6 aromatic rings. The molecule has 0 radical (unpaired) electrons. The Morgan fingerprint density at radius 2 is 1.69 bits per heavy atom. The number of hydrogen-bond acceptors (Lipinski definition) is 5. The van der Waals surface area contributed by atoms with Crippen LogP contribution in [0.5, 0.6) is 0 Å². The molecule has 32 heavy (non-hydrogen) atoms. The molecule has 0 fully saturated rings. The highest BCUT2D eigenvalue weighted by Crippen LogP contribution is 2.28. The van der Waals surface area contributed by atoms with Crippen LogP contribution in [0.2, 0.25) is 0 Å². The van der Waals surface area contributed by atoms with E-state index < -0.39 is 0 Å². The van der Waals surface area contributed by atoms with E-state index in [1.165, 1.54) is 6.07 Å². The van der Waals surface area contributed by atoms with E-state index in [-0.39, 0.29) is 11.9 Å². The van der Waals surface area contributed by atoms with Crippen molar-refractivity contribution < 1.29 is 4.39 Å². The maximum absolute atomic E-state index is 14.9. The Morgan fingerprint density at radius 1 is 0.844 bits per heavy atom. The summed E-state index contributed by atoms with van der Waals surface area (Å²) in [6.07, 6.45) is 6.80. The summed E-state index contributed by atoms with van der Waals surface area (Å²) in [4.78, 5) is 22.4. The Morgan fingerprint density at radius 3 is 2.62 bits per heavy atom. The van der Waals surface area contributed by atoms with Crippen LogP contribution in [-0.4, -0.2) is 29.5 Å². The maximum Gasteiger partial charge on any atom is 0.197 e. The topological polar surface area (TPSA) is 69.4 Å². The zero-order valence-corrected chi connectivity index (χ0v) is 17.1. The number of benzene rings is 2. The fourth-order valence-electron chi connectivity index (χ4n) is 4.02. The van der Waals surface area contributed by atoms with Crippen molar-refractivity contribution in [2.45, 2.75) is 13.0 Å². The van der Waals surface area contributed by atoms with Crippen LogP contribution in [0.1, 0.15) is 18.5 Å². The van der Waals surface area contributed by atoms with Gasteiger partial charge < -0.3 is 4.57 Å². The van der Waals surface area contributed by atoms with Gasteiger partial charge in [0.15, 0.2) is 11.3 Å². The average molecular weight is 420 g/mol. The number of pyridine rings is 2. The SMILES string of the molecule is CC(c1cc2cccnc2cc1F)n1cnc2ncc(-c3cnc4ccccc4c3)nc21. The van der Waals surface area contributed by atoms with Crippen LogP contribution in [0.3, 0.4) is 0 Å². The van der Waals surface area contributed by atoms with Crippen LogP contribution in [-0.2, 0) is 0 Å². The van der Waals surface area contributed by atoms with Gasteiger partial charge in [0.05, 0.1) is 35.3 Å². The van der Waals surface area contributed by atoms with Gasteiger partial charge in [0, 0.05) is 40.4 Å². The molecule has 154 valence electrons. The van der Waals surface area contributed by atoms with Crippen molar-refractivity contribution in [2.24, 2.45) is 0 Å². The van der Waals surface area contributed by atoms with Gasteiger partial charge in [-0.15, -0.1) is 0 Å². The average Bonchev–Trinajstić information content (AvgIpc) is 3.26. The van der Waals surface area contributed by atoms with E-state index in [1.807, 2.05) is 60.0 Å². The lowest BCUT2D eigenvalue weighted by molar-refractivity contribution is 0.564. The van der Waals surface area contributed by atoms with E-state index in [2.05, 4.69) is 19.9 Å². The summed E-state index contributed by atoms with van der Waals surface area (Å²) in [5.74, 6) is -0.312. The molecule has 0 amide bonds. The smallest absolute Gasteiger partial charge is 0.197 e. The highest BCUT2D eigenvalue weighted by atomic mass is 19.1. The minimum absolute atomic E-state index is 0.312. The highest BCUT2D eigenvalue weighted by molar-refractivity contribution is 5.83. The van der Waals surface area contributed by atoms with Crippen molar-refractivity contribution in [3.05, 3.63) is 90.9 Å². The molecule has 1 unspecified atom stereocenters. The summed E-state index contributed by atoms with van der Waals surface area (Å²) in [6.45, 7) is 1.92. The third-order valence-corrected chi connectivity index (χ3v) is 5.76. The minimum Gasteiger partial charge on any atom is -0.306 e. The molecule has 0 aliphatic carbocycles. The molecule has 0 N–H and O–H groups in total. The third kappa shape index (κ3) is 2.98. The first-order valence-electron chi connectivity index (χ1n) is 10.3. The van der Waals surface area contributed by atoms with Crippen molar-refractivity contribution in [2.75, 3.05) is 0 Å². The summed E-state index contributed by atoms with van der Waals surface area (Å²) in [5, 5.41) is 1.91. The standard InChI is InChI=1S/C25H17FN6/c1-15(19-10-17-6-4-8-27-22(17)11-20(19)26)32-14-30-24-25(32)31-23(13-29-24)18-9-16-5-2-3-7-21(16)28-12-18/h2-15H,1H3. The van der Waals surface area contributed by atoms with Gasteiger partial charge >= 0.3 is 0 Å². The molecule has 7 heteroatoms. The number of halogens is 1. The molecular weight excluding hydrogens is 403 g/mol. The van der Waals surface area contributed by atoms with Gasteiger partial charge in [-0.2, -0.15) is 0 Å². The molecule has 2 aromatic carbocycles. The van der Waals surface area contributed by atoms with Crippen LogP contribution in [0.4, 0.5) is 4.39 Å². The van der Waals surface area contributed by atoms with Crippen LogP contribution in [0.25, 0.3) is 44.4 Å². The molecule has 0 aliphatic rings. The second-order valence-electron chi connectivity index (χ2n) is 7.72. The van der Waals surface area contributed by atoms with Gasteiger partial charge in [0.2, 0.25) is 0 Å². The zero-order chi connectivity index (χ0) is 21.7. The van der Waals surface area contributed by atoms with Crippen LogP contribution < -0.4 is 0 Å². The van der Waals surface area contributed by atoms with Gasteiger partial charge in [-0.05, 0) is 31.2 Å². The maximum atomic E-state index is 14.9. The fourth-order valence-corrected chi connectivity index (χ4v) is 4.02. The first kappa shape index (κ1) is 18.5. The lowest BCUT2D eigenvalue weighted by Gasteiger charge is -2.16. The van der Waals surface area contributed by atoms with Crippen LogP contribution >= 0.6 is 0 Å². The second-order valence-corrected chi connectivity index (χ2v) is 7.72. The summed E-state index contributed by atoms with van der Waals surface area (Å²) >= 11 is 0. The van der Waals surface area contributed by atoms with Gasteiger partial charge in [0.1, 0.15) is 5.82 Å². The van der Waals surface area contributed by atoms with E-state index in [0.29, 0.717) is 28.1 Å². The minimum atomic E-state index is -0.330. The Bertz CT molecular complexity index is 1620. The second kappa shape index (κ2) is 7.16. The van der Waals surface area contributed by atoms with Crippen LogP contribution in [0, 0.1) is 5.82 Å². The third-order valence-electron chi connectivity index (χ3n) is 5.76. The van der Waals surface area contributed by atoms with Crippen molar-refractivity contribution >= 4 is 33.1 Å². The Labute approximate surface area is 182 Å². The predicted molar refractivity (Wildman–Crippen MR) is 122 cm³/mol. The van der Waals surface area contributed by atoms with Gasteiger partial charge in [-0.25, -0.2) is 19.3 Å². The summed E-state index contributed by atoms with van der Waals surface area (Å²) in [6, 6.07) is 16.7. The molecular formula is C25H17FN6. The Hall–Kier alpha value is -4.26. The number of aromatic nitrogens is 6. The summed E-state index contributed by atoms with van der Waals surface area (Å²) < 4.78 is 16.8. The molecule has 4 aromatic heterocycles. The van der Waals surface area contributed by atoms with Gasteiger partial charge in [-0.3, -0.25) is 9.97 Å². The zero-order valence-electron chi connectivity index (χ0n) is 17.1. The molecule has 6 rings (SSSR count). The van der Waals surface area contributed by atoms with Crippen molar-refractivity contribution in [3.63, 3.8) is 0 Å². The van der Waals surface area contributed by atoms with Crippen LogP contribution in [0.15, 0.2) is 79.5 Å². The van der Waals surface area contributed by atoms with E-state index in [9.17, 15) is 4.39 Å². The Balaban J connectivity index is 1.46. The van der Waals surface area contributed by atoms with E-state index in [0.717, 1.165) is 21.9 Å². The molecule has 0 bridgehead atoms. The summed E-state index contributed by atoms with van der Waals surface area (Å²) in [7, 11) is 0. The number of rotatable bonds is 3. The van der Waals surface area contributed by atoms with E-state index >= 15 is 0 Å². The first-order valence-corrected chi connectivity index (χ1v) is 10.3. The van der Waals surface area contributed by atoms with E-state index in [1.54, 1.807) is 24.9 Å². The highest BCUT2D eigenvalue weighted by Gasteiger charge is 2.18. The lowest BCUT2D eigenvalue weighted by atomic mass is 10.0. The molecule has 6 nitrogen and oxygen atoms in total. The van der Waals surface area contributed by atoms with Crippen molar-refractivity contribution in [1.82, 2.24) is 29.5 Å². The van der Waals surface area contributed by atoms with Crippen molar-refractivity contribution in [1.29, 1.82) is 0 Å². The normalized spacial score (nSPS) is 12.6. The monoisotopic (exact) mass is 420 g/mol. The summed E-state index contributed by atoms with van der Waals surface area (Å²) in [5.41, 5.74) is 4.75. The number of hydrogen-bond donors (Lipinski definition) is 0. The van der Waals surface area contributed by atoms with E-state index in [4.69, 9.17) is 4.98 Å². The Kier molecular flexibility index (Phi) is 4.14. The number of nitrogens with zero attached hydrogens (tertiary/aromatic N) is 6. The number of imidazole rings is 1. The molecule has 1 atom stereocenters.